The van der Waals surface area contributed by atoms with Gasteiger partial charge in [0.05, 0.1) is 12.2 Å². The van der Waals surface area contributed by atoms with E-state index in [-0.39, 0.29) is 12.2 Å². The average molecular weight is 226 g/mol. The minimum Gasteiger partial charge on any atom is -0.463 e. The van der Waals surface area contributed by atoms with Crippen LogP contribution in [0.3, 0.4) is 0 Å². The lowest BCUT2D eigenvalue weighted by molar-refractivity contribution is -0.139. The number of carbonyl (C=O) groups is 1. The molecule has 0 fully saturated rings. The van der Waals surface area contributed by atoms with Gasteiger partial charge in [-0.1, -0.05) is 24.8 Å². The second-order valence-corrected chi connectivity index (χ2v) is 3.13. The number of hydrogen-bond acceptors (Lipinski definition) is 2. The van der Waals surface area contributed by atoms with Crippen LogP contribution in [0.2, 0.25) is 0 Å². The number of alkyl halides is 1. The summed E-state index contributed by atoms with van der Waals surface area (Å²) >= 11 is 0. The van der Waals surface area contributed by atoms with Crippen molar-refractivity contribution >= 4 is 5.97 Å². The summed E-state index contributed by atoms with van der Waals surface area (Å²) in [5.41, 5.74) is -0.604. The fourth-order valence-corrected chi connectivity index (χ4v) is 1.20. The summed E-state index contributed by atoms with van der Waals surface area (Å²) in [5, 5.41) is 0. The maximum atomic E-state index is 13.7. The number of hydrogen-bond donors (Lipinski definition) is 0. The lowest BCUT2D eigenvalue weighted by Gasteiger charge is -2.11. The molecule has 1 atom stereocenters. The van der Waals surface area contributed by atoms with Gasteiger partial charge >= 0.3 is 5.97 Å². The van der Waals surface area contributed by atoms with E-state index in [9.17, 15) is 13.6 Å². The van der Waals surface area contributed by atoms with Crippen molar-refractivity contribution in [2.45, 2.75) is 13.1 Å². The predicted molar refractivity (Wildman–Crippen MR) is 56.0 cm³/mol. The lowest BCUT2D eigenvalue weighted by atomic mass is 10.0. The first-order valence-corrected chi connectivity index (χ1v) is 4.82. The molecule has 0 aliphatic rings. The molecular formula is C12H12F2O2. The first-order valence-electron chi connectivity index (χ1n) is 4.82. The molecule has 0 N–H and O–H groups in total. The largest absolute Gasteiger partial charge is 0.463 e. The maximum absolute atomic E-state index is 13.7. The number of benzene rings is 1. The van der Waals surface area contributed by atoms with Gasteiger partial charge in [0.15, 0.2) is 6.17 Å². The summed E-state index contributed by atoms with van der Waals surface area (Å²) in [6, 6.07) is 5.33. The number of ether oxygens (including phenoxy) is 1. The molecule has 0 saturated carbocycles. The van der Waals surface area contributed by atoms with E-state index in [1.807, 2.05) is 0 Å². The first kappa shape index (κ1) is 12.4. The summed E-state index contributed by atoms with van der Waals surface area (Å²) in [6.07, 6.45) is -1.87. The zero-order valence-corrected chi connectivity index (χ0v) is 8.87. The maximum Gasteiger partial charge on any atom is 0.336 e. The van der Waals surface area contributed by atoms with E-state index in [0.29, 0.717) is 0 Å². The Morgan fingerprint density at radius 2 is 2.12 bits per heavy atom. The Hall–Kier alpha value is -1.71. The molecule has 86 valence electrons. The zero-order chi connectivity index (χ0) is 12.1. The van der Waals surface area contributed by atoms with Crippen molar-refractivity contribution < 1.29 is 18.3 Å². The van der Waals surface area contributed by atoms with Crippen molar-refractivity contribution in [3.8, 4) is 0 Å². The van der Waals surface area contributed by atoms with Crippen LogP contribution in [0.4, 0.5) is 8.78 Å². The Morgan fingerprint density at radius 1 is 1.50 bits per heavy atom. The van der Waals surface area contributed by atoms with Crippen molar-refractivity contribution in [1.82, 2.24) is 0 Å². The van der Waals surface area contributed by atoms with Crippen molar-refractivity contribution in [3.63, 3.8) is 0 Å². The van der Waals surface area contributed by atoms with Crippen LogP contribution < -0.4 is 0 Å². The molecule has 4 heteroatoms. The van der Waals surface area contributed by atoms with Crippen LogP contribution in [-0.4, -0.2) is 12.6 Å². The molecule has 0 radical (unpaired) electrons. The molecule has 0 heterocycles. The second kappa shape index (κ2) is 5.39. The van der Waals surface area contributed by atoms with Gasteiger partial charge in [-0.2, -0.15) is 0 Å². The van der Waals surface area contributed by atoms with E-state index in [0.717, 1.165) is 6.07 Å². The molecule has 1 rings (SSSR count). The first-order chi connectivity index (χ1) is 7.57. The van der Waals surface area contributed by atoms with Gasteiger partial charge in [-0.05, 0) is 13.0 Å². The normalized spacial score (nSPS) is 11.9. The highest BCUT2D eigenvalue weighted by Gasteiger charge is 2.23. The van der Waals surface area contributed by atoms with E-state index < -0.39 is 23.5 Å². The number of rotatable bonds is 4. The molecule has 0 spiro atoms. The highest BCUT2D eigenvalue weighted by molar-refractivity contribution is 5.89. The van der Waals surface area contributed by atoms with Gasteiger partial charge in [0.2, 0.25) is 0 Å². The van der Waals surface area contributed by atoms with Crippen molar-refractivity contribution in [2.24, 2.45) is 0 Å². The van der Waals surface area contributed by atoms with Crippen LogP contribution in [0.15, 0.2) is 36.4 Å². The molecule has 1 aromatic rings. The van der Waals surface area contributed by atoms with Crippen LogP contribution in [0.25, 0.3) is 0 Å². The van der Waals surface area contributed by atoms with E-state index in [1.54, 1.807) is 6.92 Å². The van der Waals surface area contributed by atoms with E-state index in [2.05, 4.69) is 11.3 Å². The van der Waals surface area contributed by atoms with Crippen LogP contribution >= 0.6 is 0 Å². The standard InChI is InChI=1S/C12H12F2O2/c1-3-16-12(15)8(2)11(14)9-6-4-5-7-10(9)13/h4-7,11H,2-3H2,1H3. The third kappa shape index (κ3) is 2.66. The smallest absolute Gasteiger partial charge is 0.336 e. The molecule has 0 aliphatic heterocycles. The van der Waals surface area contributed by atoms with Crippen LogP contribution in [0.1, 0.15) is 18.7 Å². The monoisotopic (exact) mass is 226 g/mol. The van der Waals surface area contributed by atoms with Gasteiger partial charge in [0, 0.05) is 5.56 Å². The van der Waals surface area contributed by atoms with Gasteiger partial charge < -0.3 is 4.74 Å². The fourth-order valence-electron chi connectivity index (χ4n) is 1.20. The van der Waals surface area contributed by atoms with E-state index in [4.69, 9.17) is 0 Å². The number of halogens is 2. The summed E-state index contributed by atoms with van der Waals surface area (Å²) in [5.74, 6) is -1.56. The van der Waals surface area contributed by atoms with Gasteiger partial charge in [-0.15, -0.1) is 0 Å². The average Bonchev–Trinajstić information content (AvgIpc) is 2.28. The van der Waals surface area contributed by atoms with Crippen LogP contribution in [0.5, 0.6) is 0 Å². The van der Waals surface area contributed by atoms with Gasteiger partial charge in [0.25, 0.3) is 0 Å². The summed E-state index contributed by atoms with van der Waals surface area (Å²) in [7, 11) is 0. The molecule has 0 aliphatic carbocycles. The van der Waals surface area contributed by atoms with E-state index in [1.165, 1.54) is 18.2 Å². The molecular weight excluding hydrogens is 214 g/mol. The van der Waals surface area contributed by atoms with Gasteiger partial charge in [0.1, 0.15) is 5.82 Å². The topological polar surface area (TPSA) is 26.3 Å². The Labute approximate surface area is 92.5 Å². The van der Waals surface area contributed by atoms with Crippen molar-refractivity contribution in [1.29, 1.82) is 0 Å². The molecule has 2 nitrogen and oxygen atoms in total. The van der Waals surface area contributed by atoms with Crippen molar-refractivity contribution in [2.75, 3.05) is 6.61 Å². The van der Waals surface area contributed by atoms with Gasteiger partial charge in [-0.3, -0.25) is 0 Å². The Balaban J connectivity index is 2.86. The van der Waals surface area contributed by atoms with Crippen molar-refractivity contribution in [3.05, 3.63) is 47.8 Å². The molecule has 0 aromatic heterocycles. The lowest BCUT2D eigenvalue weighted by Crippen LogP contribution is -2.12. The third-order valence-corrected chi connectivity index (χ3v) is 2.02. The molecule has 0 bridgehead atoms. The molecule has 0 saturated heterocycles. The van der Waals surface area contributed by atoms with Crippen LogP contribution in [-0.2, 0) is 9.53 Å². The highest BCUT2D eigenvalue weighted by Crippen LogP contribution is 2.27. The summed E-state index contributed by atoms with van der Waals surface area (Å²) < 4.78 is 31.5. The predicted octanol–water partition coefficient (Wildman–Crippen LogP) is 2.96. The minimum absolute atomic E-state index is 0.127. The molecule has 1 unspecified atom stereocenters. The zero-order valence-electron chi connectivity index (χ0n) is 8.87. The second-order valence-electron chi connectivity index (χ2n) is 3.13. The summed E-state index contributed by atoms with van der Waals surface area (Å²) in [6.45, 7) is 5.00. The molecule has 0 amide bonds. The van der Waals surface area contributed by atoms with Crippen LogP contribution in [0, 0.1) is 5.82 Å². The quantitative estimate of drug-likeness (QED) is 0.582. The molecule has 1 aromatic carbocycles. The number of esters is 1. The summed E-state index contributed by atoms with van der Waals surface area (Å²) in [4.78, 5) is 11.2. The van der Waals surface area contributed by atoms with Gasteiger partial charge in [-0.25, -0.2) is 13.6 Å². The minimum atomic E-state index is -1.87. The Bertz CT molecular complexity index is 402. The Morgan fingerprint density at radius 3 is 2.69 bits per heavy atom. The highest BCUT2D eigenvalue weighted by atomic mass is 19.1. The fraction of sp³-hybridized carbons (Fsp3) is 0.250. The SMILES string of the molecule is C=C(C(=O)OCC)C(F)c1ccccc1F. The molecule has 16 heavy (non-hydrogen) atoms. The number of carbonyl (C=O) groups excluding carboxylic acids is 1. The Kier molecular flexibility index (Phi) is 4.17. The third-order valence-electron chi connectivity index (χ3n) is 2.02. The van der Waals surface area contributed by atoms with E-state index >= 15 is 0 Å².